The summed E-state index contributed by atoms with van der Waals surface area (Å²) in [6, 6.07) is 11.3. The Labute approximate surface area is 117 Å². The number of rotatable bonds is 1. The van der Waals surface area contributed by atoms with Crippen LogP contribution in [-0.2, 0) is 0 Å². The van der Waals surface area contributed by atoms with E-state index in [1.807, 2.05) is 24.3 Å². The molecule has 2 aromatic rings. The lowest BCUT2D eigenvalue weighted by Crippen LogP contribution is -2.30. The number of pyridine rings is 1. The zero-order valence-corrected chi connectivity index (χ0v) is 11.0. The summed E-state index contributed by atoms with van der Waals surface area (Å²) < 4.78 is 14.1. The maximum Gasteiger partial charge on any atom is 0.146 e. The van der Waals surface area contributed by atoms with E-state index in [1.54, 1.807) is 12.3 Å². The molecule has 3 unspecified atom stereocenters. The number of nitrogens with zero attached hydrogens (tertiary/aromatic N) is 1. The highest BCUT2D eigenvalue weighted by Crippen LogP contribution is 2.49. The molecule has 4 rings (SSSR count). The van der Waals surface area contributed by atoms with Crippen molar-refractivity contribution in [2.24, 2.45) is 5.92 Å². The van der Waals surface area contributed by atoms with Crippen molar-refractivity contribution in [3.8, 4) is 0 Å². The summed E-state index contributed by atoms with van der Waals surface area (Å²) in [6.45, 7) is 0. The molecule has 1 aliphatic heterocycles. The number of benzene rings is 1. The molecule has 0 radical (unpaired) electrons. The third-order valence-corrected chi connectivity index (χ3v) is 4.35. The molecule has 0 saturated heterocycles. The SMILES string of the molecule is Fc1cccc2c1NC(c1ccccn1)C1CC=CC21. The molecule has 0 amide bonds. The van der Waals surface area contributed by atoms with Crippen molar-refractivity contribution in [2.75, 3.05) is 5.32 Å². The van der Waals surface area contributed by atoms with Gasteiger partial charge < -0.3 is 5.32 Å². The molecule has 1 aromatic heterocycles. The molecule has 2 aliphatic rings. The molecule has 0 bridgehead atoms. The molecule has 0 spiro atoms. The number of fused-ring (bicyclic) bond motifs is 3. The van der Waals surface area contributed by atoms with Crippen LogP contribution in [0.25, 0.3) is 0 Å². The predicted molar refractivity (Wildman–Crippen MR) is 77.0 cm³/mol. The van der Waals surface area contributed by atoms with Gasteiger partial charge >= 0.3 is 0 Å². The van der Waals surface area contributed by atoms with Gasteiger partial charge in [-0.1, -0.05) is 30.4 Å². The first-order valence-corrected chi connectivity index (χ1v) is 6.97. The fraction of sp³-hybridized carbons (Fsp3) is 0.235. The second kappa shape index (κ2) is 4.44. The second-order valence-electron chi connectivity index (χ2n) is 5.43. The zero-order valence-electron chi connectivity index (χ0n) is 11.0. The van der Waals surface area contributed by atoms with Crippen LogP contribution in [0.1, 0.15) is 29.6 Å². The molecule has 0 fully saturated rings. The molecule has 0 saturated carbocycles. The molecule has 3 atom stereocenters. The van der Waals surface area contributed by atoms with Crippen molar-refractivity contribution in [3.05, 3.63) is 71.8 Å². The third kappa shape index (κ3) is 1.66. The number of halogens is 1. The van der Waals surface area contributed by atoms with Crippen LogP contribution in [0, 0.1) is 11.7 Å². The Morgan fingerprint density at radius 3 is 2.95 bits per heavy atom. The lowest BCUT2D eigenvalue weighted by molar-refractivity contribution is 0.414. The fourth-order valence-corrected chi connectivity index (χ4v) is 3.44. The molecule has 2 nitrogen and oxygen atoms in total. The lowest BCUT2D eigenvalue weighted by Gasteiger charge is -2.36. The van der Waals surface area contributed by atoms with E-state index in [9.17, 15) is 4.39 Å². The largest absolute Gasteiger partial charge is 0.374 e. The van der Waals surface area contributed by atoms with Crippen LogP contribution in [0.5, 0.6) is 0 Å². The van der Waals surface area contributed by atoms with Crippen molar-refractivity contribution in [2.45, 2.75) is 18.4 Å². The van der Waals surface area contributed by atoms with Crippen LogP contribution < -0.4 is 5.32 Å². The highest BCUT2D eigenvalue weighted by atomic mass is 19.1. The van der Waals surface area contributed by atoms with E-state index in [0.29, 0.717) is 11.6 Å². The molecule has 1 aliphatic carbocycles. The van der Waals surface area contributed by atoms with E-state index in [4.69, 9.17) is 0 Å². The summed E-state index contributed by atoms with van der Waals surface area (Å²) in [5, 5.41) is 3.38. The Morgan fingerprint density at radius 2 is 2.10 bits per heavy atom. The molecule has 1 aromatic carbocycles. The van der Waals surface area contributed by atoms with Crippen LogP contribution in [0.2, 0.25) is 0 Å². The van der Waals surface area contributed by atoms with Gasteiger partial charge in [-0.2, -0.15) is 0 Å². The quantitative estimate of drug-likeness (QED) is 0.788. The number of allylic oxidation sites excluding steroid dienone is 2. The highest BCUT2D eigenvalue weighted by Gasteiger charge is 2.39. The van der Waals surface area contributed by atoms with Crippen molar-refractivity contribution in [1.82, 2.24) is 4.98 Å². The monoisotopic (exact) mass is 266 g/mol. The van der Waals surface area contributed by atoms with Crippen molar-refractivity contribution in [1.29, 1.82) is 0 Å². The number of hydrogen-bond donors (Lipinski definition) is 1. The van der Waals surface area contributed by atoms with Gasteiger partial charge in [0, 0.05) is 12.1 Å². The minimum atomic E-state index is -0.179. The Balaban J connectivity index is 1.83. The van der Waals surface area contributed by atoms with Crippen molar-refractivity contribution in [3.63, 3.8) is 0 Å². The van der Waals surface area contributed by atoms with Crippen LogP contribution in [0.15, 0.2) is 54.7 Å². The number of hydrogen-bond acceptors (Lipinski definition) is 2. The van der Waals surface area contributed by atoms with Gasteiger partial charge in [0.1, 0.15) is 5.82 Å². The Bertz CT molecular complexity index is 666. The van der Waals surface area contributed by atoms with Gasteiger partial charge in [-0.05, 0) is 36.1 Å². The summed E-state index contributed by atoms with van der Waals surface area (Å²) in [4.78, 5) is 4.45. The Hall–Kier alpha value is -2.16. The minimum absolute atomic E-state index is 0.0700. The number of para-hydroxylation sites is 1. The lowest BCUT2D eigenvalue weighted by atomic mass is 9.78. The number of aromatic nitrogens is 1. The molecule has 3 heteroatoms. The van der Waals surface area contributed by atoms with E-state index in [-0.39, 0.29) is 17.8 Å². The average Bonchev–Trinajstić information content (AvgIpc) is 2.97. The van der Waals surface area contributed by atoms with Gasteiger partial charge in [-0.3, -0.25) is 4.98 Å². The molecule has 2 heterocycles. The minimum Gasteiger partial charge on any atom is -0.374 e. The molecular formula is C17H15FN2. The van der Waals surface area contributed by atoms with Crippen molar-refractivity contribution < 1.29 is 4.39 Å². The second-order valence-corrected chi connectivity index (χ2v) is 5.43. The Morgan fingerprint density at radius 1 is 1.15 bits per heavy atom. The molecule has 1 N–H and O–H groups in total. The summed E-state index contributed by atoms with van der Waals surface area (Å²) in [5.41, 5.74) is 2.69. The van der Waals surface area contributed by atoms with Gasteiger partial charge in [0.25, 0.3) is 0 Å². The normalized spacial score (nSPS) is 26.8. The summed E-state index contributed by atoms with van der Waals surface area (Å²) in [5.74, 6) is 0.523. The van der Waals surface area contributed by atoms with E-state index >= 15 is 0 Å². The van der Waals surface area contributed by atoms with Crippen LogP contribution in [0.3, 0.4) is 0 Å². The molecule has 20 heavy (non-hydrogen) atoms. The first-order valence-electron chi connectivity index (χ1n) is 6.97. The van der Waals surface area contributed by atoms with Crippen LogP contribution in [-0.4, -0.2) is 4.98 Å². The molecular weight excluding hydrogens is 251 g/mol. The van der Waals surface area contributed by atoms with Crippen LogP contribution >= 0.6 is 0 Å². The van der Waals surface area contributed by atoms with Gasteiger partial charge in [0.05, 0.1) is 17.4 Å². The van der Waals surface area contributed by atoms with Gasteiger partial charge in [0.2, 0.25) is 0 Å². The summed E-state index contributed by atoms with van der Waals surface area (Å²) in [7, 11) is 0. The highest BCUT2D eigenvalue weighted by molar-refractivity contribution is 5.60. The van der Waals surface area contributed by atoms with Crippen LogP contribution in [0.4, 0.5) is 10.1 Å². The van der Waals surface area contributed by atoms with E-state index in [0.717, 1.165) is 17.7 Å². The standard InChI is InChI=1S/C17H15FN2/c18-14-8-4-7-12-11-5-3-6-13(11)17(20-16(12)14)15-9-1-2-10-19-15/h1-5,7-11,13,17,20H,6H2. The fourth-order valence-electron chi connectivity index (χ4n) is 3.44. The van der Waals surface area contributed by atoms with Gasteiger partial charge in [-0.25, -0.2) is 4.39 Å². The average molecular weight is 266 g/mol. The summed E-state index contributed by atoms with van der Waals surface area (Å²) >= 11 is 0. The maximum absolute atomic E-state index is 14.1. The van der Waals surface area contributed by atoms with Crippen molar-refractivity contribution >= 4 is 5.69 Å². The number of anilines is 1. The first-order chi connectivity index (χ1) is 9.84. The topological polar surface area (TPSA) is 24.9 Å². The molecule has 100 valence electrons. The Kier molecular flexibility index (Phi) is 2.59. The first kappa shape index (κ1) is 11.6. The summed E-state index contributed by atoms with van der Waals surface area (Å²) in [6.07, 6.45) is 7.22. The van der Waals surface area contributed by atoms with E-state index < -0.39 is 0 Å². The van der Waals surface area contributed by atoms with E-state index in [1.165, 1.54) is 6.07 Å². The maximum atomic E-state index is 14.1. The van der Waals surface area contributed by atoms with Gasteiger partial charge in [0.15, 0.2) is 0 Å². The third-order valence-electron chi connectivity index (χ3n) is 4.35. The smallest absolute Gasteiger partial charge is 0.146 e. The number of nitrogens with one attached hydrogen (secondary N) is 1. The van der Waals surface area contributed by atoms with E-state index in [2.05, 4.69) is 22.5 Å². The van der Waals surface area contributed by atoms with Gasteiger partial charge in [-0.15, -0.1) is 0 Å². The zero-order chi connectivity index (χ0) is 13.5. The predicted octanol–water partition coefficient (Wildman–Crippen LogP) is 4.05.